The zero-order valence-corrected chi connectivity index (χ0v) is 9.19. The van der Waals surface area contributed by atoms with Gasteiger partial charge < -0.3 is 10.4 Å². The Morgan fingerprint density at radius 3 is 2.67 bits per heavy atom. The fourth-order valence-electron chi connectivity index (χ4n) is 1.10. The lowest BCUT2D eigenvalue weighted by molar-refractivity contribution is -0.142. The highest BCUT2D eigenvalue weighted by Gasteiger charge is 2.14. The summed E-state index contributed by atoms with van der Waals surface area (Å²) in [6.45, 7) is 6.08. The number of amides is 1. The molecule has 2 N–H and O–H groups in total. The normalized spacial score (nSPS) is 12.2. The van der Waals surface area contributed by atoms with Crippen molar-refractivity contribution in [2.24, 2.45) is 5.92 Å². The monoisotopic (exact) mass is 214 g/mol. The summed E-state index contributed by atoms with van der Waals surface area (Å²) in [4.78, 5) is 23.4. The van der Waals surface area contributed by atoms with Gasteiger partial charge in [0.2, 0.25) is 5.91 Å². The molecule has 5 nitrogen and oxygen atoms in total. The van der Waals surface area contributed by atoms with Crippen molar-refractivity contribution in [2.75, 3.05) is 26.7 Å². The maximum absolute atomic E-state index is 11.2. The topological polar surface area (TPSA) is 69.6 Å². The van der Waals surface area contributed by atoms with E-state index in [0.29, 0.717) is 13.1 Å². The van der Waals surface area contributed by atoms with Crippen molar-refractivity contribution in [1.82, 2.24) is 10.2 Å². The Bertz CT molecular complexity index is 241. The van der Waals surface area contributed by atoms with Gasteiger partial charge in [-0.3, -0.25) is 14.5 Å². The average molecular weight is 214 g/mol. The second kappa shape index (κ2) is 7.00. The van der Waals surface area contributed by atoms with Crippen LogP contribution in [0.5, 0.6) is 0 Å². The van der Waals surface area contributed by atoms with E-state index in [1.807, 2.05) is 0 Å². The molecule has 1 amide bonds. The number of rotatable bonds is 7. The molecule has 0 bridgehead atoms. The Balaban J connectivity index is 3.82. The SMILES string of the molecule is C=CCNC(=O)CN(C)CC(C)C(=O)O. The highest BCUT2D eigenvalue weighted by atomic mass is 16.4. The molecule has 0 spiro atoms. The number of carboxylic acid groups (broad SMARTS) is 1. The van der Waals surface area contributed by atoms with Crippen molar-refractivity contribution in [3.63, 3.8) is 0 Å². The maximum Gasteiger partial charge on any atom is 0.307 e. The first-order valence-corrected chi connectivity index (χ1v) is 4.76. The number of hydrogen-bond donors (Lipinski definition) is 2. The summed E-state index contributed by atoms with van der Waals surface area (Å²) in [5, 5.41) is 11.3. The highest BCUT2D eigenvalue weighted by Crippen LogP contribution is 1.97. The fraction of sp³-hybridized carbons (Fsp3) is 0.600. The van der Waals surface area contributed by atoms with Gasteiger partial charge in [0.15, 0.2) is 0 Å². The molecule has 0 saturated heterocycles. The minimum atomic E-state index is -0.853. The quantitative estimate of drug-likeness (QED) is 0.583. The zero-order valence-electron chi connectivity index (χ0n) is 9.19. The predicted molar refractivity (Wildman–Crippen MR) is 57.5 cm³/mol. The average Bonchev–Trinajstić information content (AvgIpc) is 2.14. The number of likely N-dealkylation sites (N-methyl/N-ethyl adjacent to an activating group) is 1. The van der Waals surface area contributed by atoms with Crippen LogP contribution in [0.1, 0.15) is 6.92 Å². The van der Waals surface area contributed by atoms with Gasteiger partial charge in [0, 0.05) is 13.1 Å². The Morgan fingerprint density at radius 1 is 1.60 bits per heavy atom. The molecule has 0 rings (SSSR count). The molecular formula is C10H18N2O3. The molecule has 0 saturated carbocycles. The van der Waals surface area contributed by atoms with Crippen LogP contribution in [-0.4, -0.2) is 48.6 Å². The lowest BCUT2D eigenvalue weighted by Gasteiger charge is -2.18. The number of carbonyl (C=O) groups is 2. The molecular weight excluding hydrogens is 196 g/mol. The summed E-state index contributed by atoms with van der Waals surface area (Å²) in [5.41, 5.74) is 0. The van der Waals surface area contributed by atoms with Crippen molar-refractivity contribution in [3.05, 3.63) is 12.7 Å². The first-order valence-electron chi connectivity index (χ1n) is 4.76. The summed E-state index contributed by atoms with van der Waals surface area (Å²) in [6.07, 6.45) is 1.60. The Hall–Kier alpha value is -1.36. The molecule has 0 aromatic rings. The van der Waals surface area contributed by atoms with Crippen LogP contribution in [0.2, 0.25) is 0 Å². The highest BCUT2D eigenvalue weighted by molar-refractivity contribution is 5.78. The van der Waals surface area contributed by atoms with E-state index in [-0.39, 0.29) is 12.5 Å². The van der Waals surface area contributed by atoms with Crippen molar-refractivity contribution >= 4 is 11.9 Å². The van der Waals surface area contributed by atoms with Gasteiger partial charge in [0.05, 0.1) is 12.5 Å². The summed E-state index contributed by atoms with van der Waals surface area (Å²) in [7, 11) is 1.72. The van der Waals surface area contributed by atoms with Crippen LogP contribution in [-0.2, 0) is 9.59 Å². The summed E-state index contributed by atoms with van der Waals surface area (Å²) < 4.78 is 0. The van der Waals surface area contributed by atoms with E-state index < -0.39 is 11.9 Å². The van der Waals surface area contributed by atoms with E-state index in [9.17, 15) is 9.59 Å². The first kappa shape index (κ1) is 13.6. The van der Waals surface area contributed by atoms with Crippen LogP contribution in [0.4, 0.5) is 0 Å². The molecule has 1 atom stereocenters. The first-order chi connectivity index (χ1) is 6.97. The molecule has 0 aromatic heterocycles. The minimum absolute atomic E-state index is 0.130. The summed E-state index contributed by atoms with van der Waals surface area (Å²) in [6, 6.07) is 0. The van der Waals surface area contributed by atoms with Gasteiger partial charge >= 0.3 is 5.97 Å². The maximum atomic E-state index is 11.2. The van der Waals surface area contributed by atoms with Gasteiger partial charge in [0.25, 0.3) is 0 Å². The second-order valence-electron chi connectivity index (χ2n) is 3.53. The summed E-state index contributed by atoms with van der Waals surface area (Å²) in [5.74, 6) is -1.45. The zero-order chi connectivity index (χ0) is 11.8. The van der Waals surface area contributed by atoms with E-state index in [1.165, 1.54) is 0 Å². The lowest BCUT2D eigenvalue weighted by atomic mass is 10.2. The molecule has 86 valence electrons. The van der Waals surface area contributed by atoms with Crippen LogP contribution < -0.4 is 5.32 Å². The van der Waals surface area contributed by atoms with Gasteiger partial charge in [-0.25, -0.2) is 0 Å². The second-order valence-corrected chi connectivity index (χ2v) is 3.53. The van der Waals surface area contributed by atoms with E-state index >= 15 is 0 Å². The number of aliphatic carboxylic acids is 1. The Labute approximate surface area is 89.8 Å². The molecule has 0 fully saturated rings. The largest absolute Gasteiger partial charge is 0.481 e. The third-order valence-electron chi connectivity index (χ3n) is 1.86. The van der Waals surface area contributed by atoms with Crippen LogP contribution >= 0.6 is 0 Å². The summed E-state index contributed by atoms with van der Waals surface area (Å²) >= 11 is 0. The Morgan fingerprint density at radius 2 is 2.20 bits per heavy atom. The number of carboxylic acids is 1. The lowest BCUT2D eigenvalue weighted by Crippen LogP contribution is -2.38. The number of nitrogens with one attached hydrogen (secondary N) is 1. The molecule has 0 aliphatic heterocycles. The molecule has 0 radical (unpaired) electrons. The Kier molecular flexibility index (Phi) is 6.37. The molecule has 15 heavy (non-hydrogen) atoms. The van der Waals surface area contributed by atoms with E-state index in [1.54, 1.807) is 24.9 Å². The van der Waals surface area contributed by atoms with Crippen molar-refractivity contribution in [2.45, 2.75) is 6.92 Å². The van der Waals surface area contributed by atoms with Crippen molar-refractivity contribution < 1.29 is 14.7 Å². The van der Waals surface area contributed by atoms with Gasteiger partial charge in [-0.1, -0.05) is 13.0 Å². The van der Waals surface area contributed by atoms with Gasteiger partial charge in [0.1, 0.15) is 0 Å². The number of hydrogen-bond acceptors (Lipinski definition) is 3. The predicted octanol–water partition coefficient (Wildman–Crippen LogP) is -0.0589. The van der Waals surface area contributed by atoms with Gasteiger partial charge in [-0.05, 0) is 7.05 Å². The third-order valence-corrected chi connectivity index (χ3v) is 1.86. The molecule has 0 heterocycles. The fourth-order valence-corrected chi connectivity index (χ4v) is 1.10. The molecule has 1 unspecified atom stereocenters. The van der Waals surface area contributed by atoms with Crippen LogP contribution in [0.15, 0.2) is 12.7 Å². The van der Waals surface area contributed by atoms with Crippen LogP contribution in [0.3, 0.4) is 0 Å². The van der Waals surface area contributed by atoms with Gasteiger partial charge in [-0.15, -0.1) is 6.58 Å². The van der Waals surface area contributed by atoms with Crippen molar-refractivity contribution in [1.29, 1.82) is 0 Å². The molecule has 0 aliphatic carbocycles. The van der Waals surface area contributed by atoms with E-state index in [4.69, 9.17) is 5.11 Å². The van der Waals surface area contributed by atoms with Crippen LogP contribution in [0, 0.1) is 5.92 Å². The van der Waals surface area contributed by atoms with Gasteiger partial charge in [-0.2, -0.15) is 0 Å². The molecule has 0 aliphatic rings. The van der Waals surface area contributed by atoms with E-state index in [2.05, 4.69) is 11.9 Å². The third kappa shape index (κ3) is 6.68. The van der Waals surface area contributed by atoms with Crippen molar-refractivity contribution in [3.8, 4) is 0 Å². The smallest absolute Gasteiger partial charge is 0.307 e. The molecule has 5 heteroatoms. The number of carbonyl (C=O) groups excluding carboxylic acids is 1. The number of nitrogens with zero attached hydrogens (tertiary/aromatic N) is 1. The standard InChI is InChI=1S/C10H18N2O3/c1-4-5-11-9(13)7-12(3)6-8(2)10(14)15/h4,8H,1,5-7H2,2-3H3,(H,11,13)(H,14,15). The molecule has 0 aromatic carbocycles. The van der Waals surface area contributed by atoms with Crippen LogP contribution in [0.25, 0.3) is 0 Å². The minimum Gasteiger partial charge on any atom is -0.481 e. The van der Waals surface area contributed by atoms with E-state index in [0.717, 1.165) is 0 Å².